The van der Waals surface area contributed by atoms with Crippen LogP contribution in [-0.4, -0.2) is 44.0 Å². The predicted molar refractivity (Wildman–Crippen MR) is 124 cm³/mol. The van der Waals surface area contributed by atoms with Crippen molar-refractivity contribution in [1.29, 1.82) is 0 Å². The van der Waals surface area contributed by atoms with Crippen molar-refractivity contribution in [1.82, 2.24) is 4.90 Å². The zero-order chi connectivity index (χ0) is 23.4. The number of benzene rings is 1. The van der Waals surface area contributed by atoms with Crippen molar-refractivity contribution >= 4 is 11.7 Å². The minimum absolute atomic E-state index is 0.0403. The number of carbonyl (C=O) groups excluding carboxylic acids is 2. The molecule has 1 aromatic rings. The molecule has 1 aliphatic rings. The fourth-order valence-electron chi connectivity index (χ4n) is 3.34. The first-order chi connectivity index (χ1) is 14.9. The molecule has 31 heavy (non-hydrogen) atoms. The van der Waals surface area contributed by atoms with E-state index < -0.39 is 0 Å². The van der Waals surface area contributed by atoms with Gasteiger partial charge in [-0.25, -0.2) is 0 Å². The van der Waals surface area contributed by atoms with Gasteiger partial charge in [0.1, 0.15) is 0 Å². The molecule has 0 N–H and O–H groups in total. The van der Waals surface area contributed by atoms with Crippen molar-refractivity contribution in [2.45, 2.75) is 39.7 Å². The Kier molecular flexibility index (Phi) is 11.1. The molecule has 0 aliphatic carbocycles. The van der Waals surface area contributed by atoms with E-state index in [1.807, 2.05) is 57.2 Å². The summed E-state index contributed by atoms with van der Waals surface area (Å²) in [5, 5.41) is 0. The number of nitrogens with zero attached hydrogens (tertiary/aromatic N) is 1. The van der Waals surface area contributed by atoms with E-state index in [0.717, 1.165) is 28.9 Å². The maximum atomic E-state index is 13.1. The summed E-state index contributed by atoms with van der Waals surface area (Å²) in [5.41, 5.74) is 3.53. The van der Waals surface area contributed by atoms with Gasteiger partial charge < -0.3 is 14.4 Å². The summed E-state index contributed by atoms with van der Waals surface area (Å²) < 4.78 is 10.4. The second-order valence-corrected chi connectivity index (χ2v) is 7.24. The quantitative estimate of drug-likeness (QED) is 0.315. The van der Waals surface area contributed by atoms with Gasteiger partial charge in [-0.2, -0.15) is 0 Å². The molecule has 0 saturated carbocycles. The van der Waals surface area contributed by atoms with Crippen LogP contribution in [-0.2, 0) is 19.1 Å². The number of methoxy groups -OCH3 is 2. The molecule has 0 radical (unpaired) electrons. The number of carbonyl (C=O) groups is 2. The third kappa shape index (κ3) is 7.27. The molecule has 166 valence electrons. The maximum Gasteiger partial charge on any atom is 0.247 e. The van der Waals surface area contributed by atoms with Crippen molar-refractivity contribution < 1.29 is 19.1 Å². The number of amides is 1. The molecule has 5 heteroatoms. The monoisotopic (exact) mass is 423 g/mol. The van der Waals surface area contributed by atoms with Gasteiger partial charge >= 0.3 is 0 Å². The van der Waals surface area contributed by atoms with E-state index in [0.29, 0.717) is 18.7 Å². The Bertz CT molecular complexity index is 853. The van der Waals surface area contributed by atoms with Gasteiger partial charge in [0.2, 0.25) is 5.91 Å². The van der Waals surface area contributed by atoms with E-state index >= 15 is 0 Å². The van der Waals surface area contributed by atoms with Crippen LogP contribution in [0.15, 0.2) is 59.4 Å². The fourth-order valence-corrected chi connectivity index (χ4v) is 3.34. The smallest absolute Gasteiger partial charge is 0.247 e. The average molecular weight is 424 g/mol. The first-order valence-corrected chi connectivity index (χ1v) is 10.3. The summed E-state index contributed by atoms with van der Waals surface area (Å²) in [6.07, 6.45) is 14.3. The minimum Gasteiger partial charge on any atom is -0.501 e. The molecule has 2 rings (SSSR count). The second-order valence-electron chi connectivity index (χ2n) is 7.24. The highest BCUT2D eigenvalue weighted by Gasteiger charge is 2.36. The lowest BCUT2D eigenvalue weighted by molar-refractivity contribution is -0.126. The maximum absolute atomic E-state index is 13.1. The van der Waals surface area contributed by atoms with E-state index in [9.17, 15) is 9.59 Å². The first kappa shape index (κ1) is 25.9. The molecule has 0 fully saturated rings. The Morgan fingerprint density at radius 3 is 2.35 bits per heavy atom. The summed E-state index contributed by atoms with van der Waals surface area (Å²) in [5.74, 6) is 0.668. The number of ketones is 1. The van der Waals surface area contributed by atoms with E-state index in [2.05, 4.69) is 12.8 Å². The van der Waals surface area contributed by atoms with Crippen LogP contribution < -0.4 is 0 Å². The van der Waals surface area contributed by atoms with Crippen molar-refractivity contribution in [2.24, 2.45) is 0 Å². The molecule has 1 aromatic carbocycles. The van der Waals surface area contributed by atoms with Crippen LogP contribution in [0.25, 0.3) is 0 Å². The van der Waals surface area contributed by atoms with E-state index in [1.165, 1.54) is 6.08 Å². The molecule has 0 spiro atoms. The zero-order valence-corrected chi connectivity index (χ0v) is 19.2. The summed E-state index contributed by atoms with van der Waals surface area (Å²) in [6, 6.07) is 7.59. The number of hydrogen-bond acceptors (Lipinski definition) is 4. The Balaban J connectivity index is 0.00000233. The number of hydrogen-bond donors (Lipinski definition) is 0. The van der Waals surface area contributed by atoms with Crippen LogP contribution in [0.3, 0.4) is 0 Å². The molecule has 0 aromatic heterocycles. The summed E-state index contributed by atoms with van der Waals surface area (Å²) in [6.45, 7) is 6.80. The molecule has 0 bridgehead atoms. The zero-order valence-electron chi connectivity index (χ0n) is 19.2. The highest BCUT2D eigenvalue weighted by molar-refractivity contribution is 6.07. The first-order valence-electron chi connectivity index (χ1n) is 10.3. The van der Waals surface area contributed by atoms with Gasteiger partial charge in [-0.15, -0.1) is 12.8 Å². The number of Topliss-reactive ketones (excluding diaryl/α,β-unsaturated/α-hetero) is 1. The molecule has 0 saturated heterocycles. The Morgan fingerprint density at radius 2 is 1.81 bits per heavy atom. The number of terminal acetylenes is 1. The lowest BCUT2D eigenvalue weighted by Gasteiger charge is -2.27. The molecule has 1 unspecified atom stereocenters. The van der Waals surface area contributed by atoms with Crippen molar-refractivity contribution in [3.8, 4) is 12.8 Å². The number of ether oxygens (including phenoxy) is 2. The SMILES string of the molecule is C#C.CC/C(=C\C=C(/C)CC(=O)C1=CC(=O)N(CCOC)C1c1ccc(C)cc1)OC. The standard InChI is InChI=1S/C24H31NO4.C2H2/c1-6-20(29-5)12-9-18(3)15-22(26)21-16-23(27)25(13-14-28-4)24(21)19-10-7-17(2)8-11-19;1-2/h7-12,16,24H,6,13-15H2,1-5H3;1-2H/b18-9+,20-12+;. The number of rotatable bonds is 10. The third-order valence-corrected chi connectivity index (χ3v) is 5.02. The highest BCUT2D eigenvalue weighted by Crippen LogP contribution is 2.35. The molecule has 5 nitrogen and oxygen atoms in total. The number of allylic oxidation sites excluding steroid dienone is 4. The van der Waals surface area contributed by atoms with Crippen LogP contribution in [0.5, 0.6) is 0 Å². The predicted octanol–water partition coefficient (Wildman–Crippen LogP) is 4.55. The van der Waals surface area contributed by atoms with Gasteiger partial charge in [0.25, 0.3) is 0 Å². The minimum atomic E-state index is -0.376. The van der Waals surface area contributed by atoms with Gasteiger partial charge in [0, 0.05) is 38.1 Å². The largest absolute Gasteiger partial charge is 0.501 e. The van der Waals surface area contributed by atoms with Gasteiger partial charge in [-0.05, 0) is 25.5 Å². The Morgan fingerprint density at radius 1 is 1.16 bits per heavy atom. The lowest BCUT2D eigenvalue weighted by Crippen LogP contribution is -2.33. The van der Waals surface area contributed by atoms with Crippen LogP contribution in [0, 0.1) is 19.8 Å². The van der Waals surface area contributed by atoms with Gasteiger partial charge in [-0.3, -0.25) is 9.59 Å². The third-order valence-electron chi connectivity index (χ3n) is 5.02. The van der Waals surface area contributed by atoms with Crippen molar-refractivity contribution in [3.63, 3.8) is 0 Å². The van der Waals surface area contributed by atoms with Gasteiger partial charge in [0.15, 0.2) is 5.78 Å². The molecular weight excluding hydrogens is 390 g/mol. The molecule has 1 heterocycles. The van der Waals surface area contributed by atoms with Crippen molar-refractivity contribution in [2.75, 3.05) is 27.4 Å². The highest BCUT2D eigenvalue weighted by atomic mass is 16.5. The normalized spacial score (nSPS) is 16.5. The molecule has 1 atom stereocenters. The second kappa shape index (κ2) is 13.3. The Hall–Kier alpha value is -3.10. The molecular formula is C26H33NO4. The molecule has 1 aliphatic heterocycles. The summed E-state index contributed by atoms with van der Waals surface area (Å²) in [4.78, 5) is 27.4. The molecule has 1 amide bonds. The van der Waals surface area contributed by atoms with Gasteiger partial charge in [-0.1, -0.05) is 48.4 Å². The lowest BCUT2D eigenvalue weighted by atomic mass is 9.93. The fraction of sp³-hybridized carbons (Fsp3) is 0.385. The van der Waals surface area contributed by atoms with Crippen LogP contribution in [0.1, 0.15) is 43.9 Å². The topological polar surface area (TPSA) is 55.8 Å². The van der Waals surface area contributed by atoms with Crippen LogP contribution in [0.2, 0.25) is 0 Å². The number of aryl methyl sites for hydroxylation is 1. The van der Waals surface area contributed by atoms with E-state index in [1.54, 1.807) is 19.1 Å². The summed E-state index contributed by atoms with van der Waals surface area (Å²) in [7, 11) is 3.24. The van der Waals surface area contributed by atoms with Crippen molar-refractivity contribution in [3.05, 3.63) is 70.5 Å². The average Bonchev–Trinajstić information content (AvgIpc) is 3.11. The van der Waals surface area contributed by atoms with Crippen LogP contribution >= 0.6 is 0 Å². The Labute approximate surface area is 186 Å². The van der Waals surface area contributed by atoms with E-state index in [4.69, 9.17) is 9.47 Å². The van der Waals surface area contributed by atoms with Crippen LogP contribution in [0.4, 0.5) is 0 Å². The van der Waals surface area contributed by atoms with Gasteiger partial charge in [0.05, 0.1) is 25.5 Å². The van der Waals surface area contributed by atoms with E-state index in [-0.39, 0.29) is 24.2 Å². The summed E-state index contributed by atoms with van der Waals surface area (Å²) >= 11 is 0.